The summed E-state index contributed by atoms with van der Waals surface area (Å²) >= 11 is 0. The number of benzene rings is 1. The van der Waals surface area contributed by atoms with Crippen LogP contribution in [-0.4, -0.2) is 60.0 Å². The molecule has 2 saturated heterocycles. The van der Waals surface area contributed by atoms with Gasteiger partial charge in [-0.3, -0.25) is 0 Å². The first-order chi connectivity index (χ1) is 15.7. The summed E-state index contributed by atoms with van der Waals surface area (Å²) in [5, 5.41) is 13.4. The van der Waals surface area contributed by atoms with Gasteiger partial charge in [0.1, 0.15) is 12.4 Å². The van der Waals surface area contributed by atoms with Crippen LogP contribution >= 0.6 is 0 Å². The molecule has 0 spiro atoms. The van der Waals surface area contributed by atoms with Crippen molar-refractivity contribution in [3.8, 4) is 11.1 Å². The lowest BCUT2D eigenvalue weighted by molar-refractivity contribution is -0.163. The van der Waals surface area contributed by atoms with Crippen molar-refractivity contribution < 1.29 is 23.8 Å². The lowest BCUT2D eigenvalue weighted by atomic mass is 10.1. The van der Waals surface area contributed by atoms with Crippen LogP contribution in [0.3, 0.4) is 0 Å². The summed E-state index contributed by atoms with van der Waals surface area (Å²) in [6.45, 7) is 2.90. The molecule has 0 amide bonds. The first kappa shape index (κ1) is 22.6. The molecule has 32 heavy (non-hydrogen) atoms. The van der Waals surface area contributed by atoms with Crippen molar-refractivity contribution in [2.75, 3.05) is 37.8 Å². The molecule has 0 bridgehead atoms. The van der Waals surface area contributed by atoms with Gasteiger partial charge < -0.3 is 24.3 Å². The molecule has 0 aliphatic carbocycles. The van der Waals surface area contributed by atoms with Crippen molar-refractivity contribution in [3.63, 3.8) is 0 Å². The Hall–Kier alpha value is -2.62. The predicted molar refractivity (Wildman–Crippen MR) is 118 cm³/mol. The maximum absolute atomic E-state index is 14.4. The summed E-state index contributed by atoms with van der Waals surface area (Å²) in [4.78, 5) is 16.0. The molecule has 2 fully saturated rings. The van der Waals surface area contributed by atoms with Gasteiger partial charge in [0.15, 0.2) is 6.29 Å². The van der Waals surface area contributed by atoms with Crippen LogP contribution in [0.1, 0.15) is 37.7 Å². The van der Waals surface area contributed by atoms with E-state index in [0.29, 0.717) is 43.4 Å². The van der Waals surface area contributed by atoms with Gasteiger partial charge in [0.05, 0.1) is 25.4 Å². The topological polar surface area (TPSA) is 89.3 Å². The van der Waals surface area contributed by atoms with Gasteiger partial charge in [-0.1, -0.05) is 23.4 Å². The maximum Gasteiger partial charge on any atom is 0.225 e. The SMILES string of the molecule is OCc1cccc(-c2cnc(N3CC(=NOCCCCOC4CCCCO4)C3)nc2)c1F. The zero-order valence-electron chi connectivity index (χ0n) is 18.1. The summed E-state index contributed by atoms with van der Waals surface area (Å²) in [6.07, 6.45) is 8.23. The highest BCUT2D eigenvalue weighted by atomic mass is 19.1. The Morgan fingerprint density at radius 3 is 2.72 bits per heavy atom. The molecule has 4 rings (SSSR count). The first-order valence-corrected chi connectivity index (χ1v) is 11.1. The summed E-state index contributed by atoms with van der Waals surface area (Å²) in [7, 11) is 0. The van der Waals surface area contributed by atoms with E-state index in [1.165, 1.54) is 6.42 Å². The molecule has 2 aliphatic rings. The molecule has 1 atom stereocenters. The van der Waals surface area contributed by atoms with Gasteiger partial charge in [-0.15, -0.1) is 0 Å². The predicted octanol–water partition coefficient (Wildman–Crippen LogP) is 3.29. The minimum absolute atomic E-state index is 0.0353. The Kier molecular flexibility index (Phi) is 7.97. The van der Waals surface area contributed by atoms with Gasteiger partial charge in [-0.2, -0.15) is 0 Å². The molecule has 1 aromatic carbocycles. The molecule has 2 aromatic rings. The number of unbranched alkanes of at least 4 members (excludes halogenated alkanes) is 1. The van der Waals surface area contributed by atoms with Crippen molar-refractivity contribution in [2.45, 2.75) is 45.0 Å². The summed E-state index contributed by atoms with van der Waals surface area (Å²) in [6, 6.07) is 4.90. The van der Waals surface area contributed by atoms with Gasteiger partial charge >= 0.3 is 0 Å². The van der Waals surface area contributed by atoms with Crippen LogP contribution in [-0.2, 0) is 20.9 Å². The summed E-state index contributed by atoms with van der Waals surface area (Å²) in [5.41, 5.74) is 2.13. The third kappa shape index (κ3) is 5.79. The molecule has 3 heterocycles. The van der Waals surface area contributed by atoms with E-state index in [-0.39, 0.29) is 18.5 Å². The molecule has 172 valence electrons. The number of ether oxygens (including phenoxy) is 2. The molecular formula is C23H29FN4O4. The number of aromatic nitrogens is 2. The van der Waals surface area contributed by atoms with E-state index < -0.39 is 5.82 Å². The Morgan fingerprint density at radius 1 is 1.16 bits per heavy atom. The Bertz CT molecular complexity index is 895. The highest BCUT2D eigenvalue weighted by Gasteiger charge is 2.25. The molecule has 0 radical (unpaired) electrons. The van der Waals surface area contributed by atoms with Gasteiger partial charge in [-0.25, -0.2) is 14.4 Å². The summed E-state index contributed by atoms with van der Waals surface area (Å²) < 4.78 is 25.6. The molecule has 1 unspecified atom stereocenters. The van der Waals surface area contributed by atoms with E-state index >= 15 is 0 Å². The number of hydrogen-bond donors (Lipinski definition) is 1. The second-order valence-electron chi connectivity index (χ2n) is 7.93. The van der Waals surface area contributed by atoms with E-state index in [1.54, 1.807) is 30.6 Å². The van der Waals surface area contributed by atoms with Crippen molar-refractivity contribution in [2.24, 2.45) is 5.16 Å². The third-order valence-corrected chi connectivity index (χ3v) is 5.49. The minimum Gasteiger partial charge on any atom is -0.396 e. The number of halogens is 1. The number of aliphatic hydroxyl groups is 1. The largest absolute Gasteiger partial charge is 0.396 e. The van der Waals surface area contributed by atoms with E-state index in [4.69, 9.17) is 14.3 Å². The highest BCUT2D eigenvalue weighted by Crippen LogP contribution is 2.25. The second-order valence-corrected chi connectivity index (χ2v) is 7.93. The van der Waals surface area contributed by atoms with Crippen LogP contribution in [0.4, 0.5) is 10.3 Å². The molecule has 1 N–H and O–H groups in total. The standard InChI is InChI=1S/C23H29FN4O4/c24-22-17(16-29)6-5-7-20(22)18-12-25-23(26-13-18)28-14-19(15-28)27-32-11-4-3-10-31-21-8-1-2-9-30-21/h5-7,12-13,21,29H,1-4,8-11,14-16H2. The normalized spacial score (nSPS) is 18.4. The number of oxime groups is 1. The molecule has 8 nitrogen and oxygen atoms in total. The maximum atomic E-state index is 14.4. The molecule has 1 aromatic heterocycles. The fourth-order valence-corrected chi connectivity index (χ4v) is 3.60. The van der Waals surface area contributed by atoms with Crippen LogP contribution in [0.2, 0.25) is 0 Å². The van der Waals surface area contributed by atoms with Crippen molar-refractivity contribution >= 4 is 11.7 Å². The molecule has 0 saturated carbocycles. The van der Waals surface area contributed by atoms with Gasteiger partial charge in [0, 0.05) is 42.3 Å². The van der Waals surface area contributed by atoms with E-state index in [0.717, 1.165) is 38.0 Å². The lowest BCUT2D eigenvalue weighted by Crippen LogP contribution is -2.48. The zero-order chi connectivity index (χ0) is 22.2. The third-order valence-electron chi connectivity index (χ3n) is 5.49. The molecule has 9 heteroatoms. The Morgan fingerprint density at radius 2 is 1.97 bits per heavy atom. The lowest BCUT2D eigenvalue weighted by Gasteiger charge is -2.31. The Labute approximate surface area is 187 Å². The summed E-state index contributed by atoms with van der Waals surface area (Å²) in [5.74, 6) is 0.115. The van der Waals surface area contributed by atoms with E-state index in [9.17, 15) is 9.50 Å². The molecular weight excluding hydrogens is 415 g/mol. The minimum atomic E-state index is -0.448. The first-order valence-electron chi connectivity index (χ1n) is 11.1. The van der Waals surface area contributed by atoms with Gasteiger partial charge in [-0.05, 0) is 32.1 Å². The van der Waals surface area contributed by atoms with E-state index in [1.807, 2.05) is 4.90 Å². The fourth-order valence-electron chi connectivity index (χ4n) is 3.60. The number of nitrogens with zero attached hydrogens (tertiary/aromatic N) is 4. The Balaban J connectivity index is 1.15. The number of anilines is 1. The zero-order valence-corrected chi connectivity index (χ0v) is 18.1. The van der Waals surface area contributed by atoms with Gasteiger partial charge in [0.2, 0.25) is 5.95 Å². The second kappa shape index (κ2) is 11.3. The number of hydrogen-bond acceptors (Lipinski definition) is 8. The van der Waals surface area contributed by atoms with Crippen molar-refractivity contribution in [3.05, 3.63) is 42.0 Å². The van der Waals surface area contributed by atoms with Crippen molar-refractivity contribution in [1.29, 1.82) is 0 Å². The van der Waals surface area contributed by atoms with E-state index in [2.05, 4.69) is 15.1 Å². The fraction of sp³-hybridized carbons (Fsp3) is 0.522. The average molecular weight is 445 g/mol. The smallest absolute Gasteiger partial charge is 0.225 e. The number of rotatable bonds is 10. The van der Waals surface area contributed by atoms with Crippen LogP contribution < -0.4 is 4.90 Å². The molecule has 2 aliphatic heterocycles. The van der Waals surface area contributed by atoms with Crippen LogP contribution in [0.25, 0.3) is 11.1 Å². The van der Waals surface area contributed by atoms with Crippen LogP contribution in [0, 0.1) is 5.82 Å². The van der Waals surface area contributed by atoms with Gasteiger partial charge in [0.25, 0.3) is 0 Å². The monoisotopic (exact) mass is 444 g/mol. The average Bonchev–Trinajstić information content (AvgIpc) is 2.81. The quantitative estimate of drug-likeness (QED) is 0.444. The van der Waals surface area contributed by atoms with Crippen molar-refractivity contribution in [1.82, 2.24) is 9.97 Å². The van der Waals surface area contributed by atoms with Crippen LogP contribution in [0.15, 0.2) is 35.7 Å². The highest BCUT2D eigenvalue weighted by molar-refractivity contribution is 5.98. The number of aliphatic hydroxyl groups excluding tert-OH is 1. The van der Waals surface area contributed by atoms with Crippen LogP contribution in [0.5, 0.6) is 0 Å².